The predicted molar refractivity (Wildman–Crippen MR) is 39.9 cm³/mol. The number of hydrogen-bond acceptors (Lipinski definition) is 1. The van der Waals surface area contributed by atoms with E-state index in [2.05, 4.69) is 4.01 Å². The van der Waals surface area contributed by atoms with Crippen molar-refractivity contribution in [2.45, 2.75) is 23.4 Å². The number of halogens is 1. The molecular weight excluding hydrogens is 203 g/mol. The summed E-state index contributed by atoms with van der Waals surface area (Å²) in [5, 5.41) is 8.93. The molecule has 1 aliphatic heterocycles. The summed E-state index contributed by atoms with van der Waals surface area (Å²) >= 11 is 0.0825. The molecular formula is C5H9IO. The van der Waals surface area contributed by atoms with Gasteiger partial charge >= 0.3 is 0 Å². The average molecular weight is 212 g/mol. The first-order valence-electron chi connectivity index (χ1n) is 2.51. The van der Waals surface area contributed by atoms with Crippen molar-refractivity contribution < 1.29 is 5.11 Å². The van der Waals surface area contributed by atoms with Crippen LogP contribution in [0.2, 0.25) is 0 Å². The Hall–Kier alpha value is 0.560. The van der Waals surface area contributed by atoms with Gasteiger partial charge in [-0.1, -0.05) is 24.7 Å². The highest BCUT2D eigenvalue weighted by atomic mass is 127. The second-order valence-corrected chi connectivity index (χ2v) is 4.68. The van der Waals surface area contributed by atoms with E-state index in [1.807, 2.05) is 0 Å². The number of aliphatic hydroxyl groups excluding tert-OH is 1. The first-order valence-corrected chi connectivity index (χ1v) is 5.00. The van der Waals surface area contributed by atoms with E-state index >= 15 is 0 Å². The first kappa shape index (κ1) is 5.69. The maximum atomic E-state index is 8.93. The second-order valence-electron chi connectivity index (χ2n) is 1.65. The van der Waals surface area contributed by atoms with E-state index in [1.165, 1.54) is 12.8 Å². The van der Waals surface area contributed by atoms with Crippen LogP contribution in [0.1, 0.15) is 19.3 Å². The van der Waals surface area contributed by atoms with Gasteiger partial charge in [0, 0.05) is 0 Å². The fourth-order valence-corrected chi connectivity index (χ4v) is 2.78. The van der Waals surface area contributed by atoms with Crippen LogP contribution in [0, 0.1) is 0 Å². The summed E-state index contributed by atoms with van der Waals surface area (Å²) in [6.45, 7) is 0. The highest BCUT2D eigenvalue weighted by Gasteiger charge is 2.01. The summed E-state index contributed by atoms with van der Waals surface area (Å²) in [6.07, 6.45) is 3.52. The van der Waals surface area contributed by atoms with Crippen molar-refractivity contribution in [2.75, 3.05) is 0 Å². The molecule has 1 atom stereocenters. The molecule has 1 nitrogen and oxygen atoms in total. The maximum Gasteiger partial charge on any atom is 0.0998 e. The Kier molecular flexibility index (Phi) is 2.25. The Morgan fingerprint density at radius 1 is 1.71 bits per heavy atom. The Morgan fingerprint density at radius 2 is 2.57 bits per heavy atom. The molecule has 0 radical (unpaired) electrons. The van der Waals surface area contributed by atoms with Gasteiger partial charge in [-0.05, 0) is 19.3 Å². The highest BCUT2D eigenvalue weighted by Crippen LogP contribution is 2.17. The fourth-order valence-electron chi connectivity index (χ4n) is 0.592. The topological polar surface area (TPSA) is 20.2 Å². The minimum absolute atomic E-state index is 0.0825. The molecule has 1 aliphatic rings. The van der Waals surface area contributed by atoms with Crippen LogP contribution in [-0.2, 0) is 0 Å². The third-order valence-corrected chi connectivity index (χ3v) is 3.57. The molecule has 1 heterocycles. The van der Waals surface area contributed by atoms with Gasteiger partial charge in [-0.25, -0.2) is 0 Å². The molecule has 1 rings (SSSR count). The molecule has 0 fully saturated rings. The van der Waals surface area contributed by atoms with E-state index in [1.54, 1.807) is 0 Å². The molecule has 0 saturated carbocycles. The summed E-state index contributed by atoms with van der Waals surface area (Å²) in [6, 6.07) is 0. The van der Waals surface area contributed by atoms with Crippen LogP contribution in [0.5, 0.6) is 0 Å². The van der Waals surface area contributed by atoms with Crippen LogP contribution in [0.3, 0.4) is 0 Å². The molecule has 0 aromatic carbocycles. The van der Waals surface area contributed by atoms with Crippen LogP contribution in [0.4, 0.5) is 0 Å². The van der Waals surface area contributed by atoms with Crippen molar-refractivity contribution >= 4 is 24.7 Å². The summed E-state index contributed by atoms with van der Waals surface area (Å²) in [5.41, 5.74) is 0. The lowest BCUT2D eigenvalue weighted by atomic mass is 10.3. The molecule has 2 heteroatoms. The van der Waals surface area contributed by atoms with Crippen LogP contribution < -0.4 is 0 Å². The Labute approximate surface area is 53.5 Å². The van der Waals surface area contributed by atoms with Crippen molar-refractivity contribution in [1.82, 2.24) is 0 Å². The van der Waals surface area contributed by atoms with Gasteiger partial charge in [0.1, 0.15) is 0 Å². The van der Waals surface area contributed by atoms with Crippen molar-refractivity contribution in [3.8, 4) is 0 Å². The number of aliphatic hydroxyl groups is 1. The normalized spacial score (nSPS) is 31.9. The standard InChI is InChI=1S/C5H9IO/c7-5-3-1-2-4-6-5/h4-5,7H,1-3H2. The average Bonchev–Trinajstić information content (AvgIpc) is 1.69. The Morgan fingerprint density at radius 3 is 2.86 bits per heavy atom. The zero-order chi connectivity index (χ0) is 5.11. The van der Waals surface area contributed by atoms with E-state index in [9.17, 15) is 0 Å². The predicted octanol–water partition coefficient (Wildman–Crippen LogP) is 1.26. The molecule has 0 bridgehead atoms. The lowest BCUT2D eigenvalue weighted by Crippen LogP contribution is -1.99. The second kappa shape index (κ2) is 2.77. The molecule has 42 valence electrons. The maximum absolute atomic E-state index is 8.93. The van der Waals surface area contributed by atoms with Gasteiger partial charge in [-0.2, -0.15) is 0 Å². The van der Waals surface area contributed by atoms with Crippen molar-refractivity contribution in [3.63, 3.8) is 0 Å². The van der Waals surface area contributed by atoms with Gasteiger partial charge < -0.3 is 5.11 Å². The van der Waals surface area contributed by atoms with Crippen LogP contribution >= 0.6 is 20.7 Å². The zero-order valence-electron chi connectivity index (χ0n) is 4.10. The van der Waals surface area contributed by atoms with Crippen molar-refractivity contribution in [1.29, 1.82) is 0 Å². The smallest absolute Gasteiger partial charge is 0.0998 e. The SMILES string of the molecule is OC1CCCC=I1. The first-order chi connectivity index (χ1) is 3.39. The zero-order valence-corrected chi connectivity index (χ0v) is 6.26. The Balaban J connectivity index is 2.36. The van der Waals surface area contributed by atoms with Crippen LogP contribution in [-0.4, -0.2) is 13.2 Å². The monoisotopic (exact) mass is 212 g/mol. The van der Waals surface area contributed by atoms with E-state index in [-0.39, 0.29) is 24.8 Å². The summed E-state index contributed by atoms with van der Waals surface area (Å²) < 4.78 is 2.36. The largest absolute Gasteiger partial charge is 0.383 e. The van der Waals surface area contributed by atoms with E-state index in [0.717, 1.165) is 6.42 Å². The molecule has 0 spiro atoms. The van der Waals surface area contributed by atoms with Gasteiger partial charge in [0.15, 0.2) is 0 Å². The number of alkyl halides is 1. The van der Waals surface area contributed by atoms with Gasteiger partial charge in [-0.3, -0.25) is 0 Å². The Bertz CT molecular complexity index is 80.1. The minimum Gasteiger partial charge on any atom is -0.383 e. The van der Waals surface area contributed by atoms with Crippen molar-refractivity contribution in [3.05, 3.63) is 0 Å². The molecule has 1 N–H and O–H groups in total. The van der Waals surface area contributed by atoms with Gasteiger partial charge in [0.2, 0.25) is 0 Å². The third-order valence-electron chi connectivity index (χ3n) is 0.990. The number of rotatable bonds is 0. The number of hydrogen-bond donors (Lipinski definition) is 1. The lowest BCUT2D eigenvalue weighted by Gasteiger charge is -2.06. The minimum atomic E-state index is 0.0825. The fraction of sp³-hybridized carbons (Fsp3) is 0.800. The van der Waals surface area contributed by atoms with E-state index in [0.29, 0.717) is 0 Å². The molecule has 0 aliphatic carbocycles. The summed E-state index contributed by atoms with van der Waals surface area (Å²) in [4.78, 5) is 0. The van der Waals surface area contributed by atoms with E-state index in [4.69, 9.17) is 5.11 Å². The molecule has 0 aromatic rings. The summed E-state index contributed by atoms with van der Waals surface area (Å²) in [5.74, 6) is 0. The molecule has 1 unspecified atom stereocenters. The van der Waals surface area contributed by atoms with Gasteiger partial charge in [0.05, 0.1) is 4.11 Å². The summed E-state index contributed by atoms with van der Waals surface area (Å²) in [7, 11) is 0. The highest BCUT2D eigenvalue weighted by molar-refractivity contribution is 14.2. The van der Waals surface area contributed by atoms with Crippen LogP contribution in [0.25, 0.3) is 0 Å². The van der Waals surface area contributed by atoms with Crippen LogP contribution in [0.15, 0.2) is 0 Å². The molecule has 0 saturated heterocycles. The third kappa shape index (κ3) is 1.86. The van der Waals surface area contributed by atoms with E-state index < -0.39 is 0 Å². The van der Waals surface area contributed by atoms with Crippen molar-refractivity contribution in [2.24, 2.45) is 0 Å². The lowest BCUT2D eigenvalue weighted by molar-refractivity contribution is 0.265. The molecule has 0 aromatic heterocycles. The quantitative estimate of drug-likeness (QED) is 0.473. The molecule has 7 heavy (non-hydrogen) atoms. The van der Waals surface area contributed by atoms with Gasteiger partial charge in [-0.15, -0.1) is 0 Å². The van der Waals surface area contributed by atoms with Gasteiger partial charge in [0.25, 0.3) is 0 Å². The molecule has 0 amide bonds.